The molecule has 84 valence electrons. The summed E-state index contributed by atoms with van der Waals surface area (Å²) < 4.78 is 13.4. The van der Waals surface area contributed by atoms with Crippen LogP contribution in [0.1, 0.15) is 34.1 Å². The van der Waals surface area contributed by atoms with Crippen LogP contribution in [-0.4, -0.2) is 30.6 Å². The molecule has 2 nitrogen and oxygen atoms in total. The lowest BCUT2D eigenvalue weighted by Gasteiger charge is -2.23. The number of carbonyl (C=O) groups is 1. The Morgan fingerprint density at radius 1 is 1.29 bits per heavy atom. The van der Waals surface area contributed by atoms with Crippen LogP contribution in [0.3, 0.4) is 0 Å². The van der Waals surface area contributed by atoms with E-state index >= 15 is 0 Å². The predicted octanol–water partition coefficient (Wildman–Crippen LogP) is 2.49. The number of Topliss-reactive ketones (excluding diaryl/α,β-unsaturated/α-hetero) is 1. The second kappa shape index (κ2) is 6.12. The molecular weight excluding hydrogens is 181 g/mol. The normalized spacial score (nSPS) is 14.1. The molecule has 0 rings (SSSR count). The lowest BCUT2D eigenvalue weighted by molar-refractivity contribution is -0.122. The number of ketones is 1. The molecule has 0 aliphatic carbocycles. The Hall–Kier alpha value is -0.440. The minimum absolute atomic E-state index is 0.0631. The molecule has 0 aromatic heterocycles. The zero-order chi connectivity index (χ0) is 11.3. The fourth-order valence-corrected chi connectivity index (χ4v) is 1.39. The summed E-state index contributed by atoms with van der Waals surface area (Å²) in [6.07, 6.45) is -0.485. The maximum atomic E-state index is 13.4. The highest BCUT2D eigenvalue weighted by atomic mass is 19.1. The van der Waals surface area contributed by atoms with E-state index < -0.39 is 6.30 Å². The molecule has 0 spiro atoms. The lowest BCUT2D eigenvalue weighted by atomic mass is 10.1. The molecule has 0 radical (unpaired) electrons. The van der Waals surface area contributed by atoms with Crippen molar-refractivity contribution < 1.29 is 9.18 Å². The fourth-order valence-electron chi connectivity index (χ4n) is 1.39. The second-order valence-corrected chi connectivity index (χ2v) is 4.67. The highest BCUT2D eigenvalue weighted by Gasteiger charge is 2.19. The first-order valence-corrected chi connectivity index (χ1v) is 5.20. The van der Waals surface area contributed by atoms with Crippen molar-refractivity contribution in [1.82, 2.24) is 4.90 Å². The molecule has 0 aromatic carbocycles. The van der Waals surface area contributed by atoms with Crippen LogP contribution >= 0.6 is 0 Å². The van der Waals surface area contributed by atoms with Crippen molar-refractivity contribution in [3.8, 4) is 0 Å². The summed E-state index contributed by atoms with van der Waals surface area (Å²) in [6, 6.07) is 0. The van der Waals surface area contributed by atoms with E-state index in [0.29, 0.717) is 12.3 Å². The van der Waals surface area contributed by atoms with Crippen LogP contribution in [0.25, 0.3) is 0 Å². The number of nitrogens with zero attached hydrogens (tertiary/aromatic N) is 1. The van der Waals surface area contributed by atoms with Gasteiger partial charge in [0.15, 0.2) is 6.30 Å². The molecule has 0 saturated heterocycles. The van der Waals surface area contributed by atoms with Gasteiger partial charge in [0.1, 0.15) is 5.78 Å². The van der Waals surface area contributed by atoms with Gasteiger partial charge in [-0.15, -0.1) is 0 Å². The highest BCUT2D eigenvalue weighted by Crippen LogP contribution is 2.11. The molecule has 0 aliphatic rings. The van der Waals surface area contributed by atoms with E-state index in [2.05, 4.69) is 0 Å². The van der Waals surface area contributed by atoms with Gasteiger partial charge in [0, 0.05) is 6.42 Å². The zero-order valence-electron chi connectivity index (χ0n) is 9.88. The van der Waals surface area contributed by atoms with Crippen molar-refractivity contribution in [3.05, 3.63) is 0 Å². The molecule has 0 aromatic rings. The third-order valence-corrected chi connectivity index (χ3v) is 2.03. The maximum absolute atomic E-state index is 13.4. The monoisotopic (exact) mass is 203 g/mol. The number of hydrogen-bond donors (Lipinski definition) is 0. The van der Waals surface area contributed by atoms with Gasteiger partial charge in [-0.1, -0.05) is 27.7 Å². The molecule has 0 heterocycles. The van der Waals surface area contributed by atoms with Crippen molar-refractivity contribution in [2.45, 2.75) is 40.4 Å². The standard InChI is InChI=1S/C11H22FNO/c1-8(2)6-10(14)7-13(5)11(12)9(3)4/h8-9,11H,6-7H2,1-5H3. The first-order chi connectivity index (χ1) is 6.34. The van der Waals surface area contributed by atoms with Crippen molar-refractivity contribution in [2.24, 2.45) is 11.8 Å². The van der Waals surface area contributed by atoms with Gasteiger partial charge < -0.3 is 0 Å². The highest BCUT2D eigenvalue weighted by molar-refractivity contribution is 5.80. The third kappa shape index (κ3) is 5.32. The minimum atomic E-state index is -1.02. The van der Waals surface area contributed by atoms with Crippen molar-refractivity contribution in [1.29, 1.82) is 0 Å². The summed E-state index contributed by atoms with van der Waals surface area (Å²) in [4.78, 5) is 12.9. The fraction of sp³-hybridized carbons (Fsp3) is 0.909. The summed E-state index contributed by atoms with van der Waals surface area (Å²) in [5.41, 5.74) is 0. The van der Waals surface area contributed by atoms with Gasteiger partial charge in [0.05, 0.1) is 6.54 Å². The maximum Gasteiger partial charge on any atom is 0.156 e. The molecule has 0 aliphatic heterocycles. The van der Waals surface area contributed by atoms with Crippen LogP contribution in [-0.2, 0) is 4.79 Å². The third-order valence-electron chi connectivity index (χ3n) is 2.03. The van der Waals surface area contributed by atoms with Crippen LogP contribution < -0.4 is 0 Å². The first kappa shape index (κ1) is 13.6. The molecule has 1 unspecified atom stereocenters. The molecule has 0 fully saturated rings. The van der Waals surface area contributed by atoms with E-state index in [1.165, 1.54) is 4.90 Å². The van der Waals surface area contributed by atoms with Gasteiger partial charge in [-0.25, -0.2) is 4.39 Å². The van der Waals surface area contributed by atoms with E-state index in [4.69, 9.17) is 0 Å². The van der Waals surface area contributed by atoms with Crippen LogP contribution in [0.15, 0.2) is 0 Å². The van der Waals surface area contributed by atoms with Gasteiger partial charge in [-0.3, -0.25) is 9.69 Å². The van der Waals surface area contributed by atoms with E-state index in [1.807, 2.05) is 27.7 Å². The summed E-state index contributed by atoms with van der Waals surface area (Å²) in [5, 5.41) is 0. The van der Waals surface area contributed by atoms with E-state index in [0.717, 1.165) is 0 Å². The molecule has 0 saturated carbocycles. The Bertz CT molecular complexity index is 180. The number of rotatable bonds is 6. The number of likely N-dealkylation sites (N-methyl/N-ethyl adjacent to an activating group) is 1. The van der Waals surface area contributed by atoms with Crippen molar-refractivity contribution >= 4 is 5.78 Å². The minimum Gasteiger partial charge on any atom is -0.298 e. The van der Waals surface area contributed by atoms with Crippen LogP contribution in [0.2, 0.25) is 0 Å². The Morgan fingerprint density at radius 3 is 2.14 bits per heavy atom. The number of alkyl halides is 1. The Balaban J connectivity index is 3.93. The predicted molar refractivity (Wildman–Crippen MR) is 56.8 cm³/mol. The summed E-state index contributed by atoms with van der Waals surface area (Å²) in [6.45, 7) is 7.83. The summed E-state index contributed by atoms with van der Waals surface area (Å²) >= 11 is 0. The molecule has 14 heavy (non-hydrogen) atoms. The van der Waals surface area contributed by atoms with Crippen LogP contribution in [0, 0.1) is 11.8 Å². The van der Waals surface area contributed by atoms with Gasteiger partial charge >= 0.3 is 0 Å². The van der Waals surface area contributed by atoms with E-state index in [-0.39, 0.29) is 18.2 Å². The molecule has 0 bridgehead atoms. The van der Waals surface area contributed by atoms with Crippen molar-refractivity contribution in [2.75, 3.05) is 13.6 Å². The van der Waals surface area contributed by atoms with Crippen LogP contribution in [0.5, 0.6) is 0 Å². The summed E-state index contributed by atoms with van der Waals surface area (Å²) in [5.74, 6) is 0.408. The quantitative estimate of drug-likeness (QED) is 0.618. The van der Waals surface area contributed by atoms with Gasteiger partial charge in [0.25, 0.3) is 0 Å². The smallest absolute Gasteiger partial charge is 0.156 e. The van der Waals surface area contributed by atoms with Crippen LogP contribution in [0.4, 0.5) is 4.39 Å². The van der Waals surface area contributed by atoms with E-state index in [9.17, 15) is 9.18 Å². The van der Waals surface area contributed by atoms with Crippen molar-refractivity contribution in [3.63, 3.8) is 0 Å². The number of hydrogen-bond acceptors (Lipinski definition) is 2. The summed E-state index contributed by atoms with van der Waals surface area (Å²) in [7, 11) is 1.66. The molecule has 0 amide bonds. The Labute approximate surface area is 86.5 Å². The second-order valence-electron chi connectivity index (χ2n) is 4.67. The zero-order valence-corrected chi connectivity index (χ0v) is 9.88. The first-order valence-electron chi connectivity index (χ1n) is 5.20. The average Bonchev–Trinajstić information content (AvgIpc) is 2.00. The number of halogens is 1. The van der Waals surface area contributed by atoms with E-state index in [1.54, 1.807) is 7.05 Å². The lowest BCUT2D eigenvalue weighted by Crippen LogP contribution is -2.36. The Kier molecular flexibility index (Phi) is 5.93. The molecule has 0 N–H and O–H groups in total. The average molecular weight is 203 g/mol. The molecule has 3 heteroatoms. The molecule has 1 atom stereocenters. The SMILES string of the molecule is CC(C)CC(=O)CN(C)C(F)C(C)C. The van der Waals surface area contributed by atoms with Gasteiger partial charge in [-0.2, -0.15) is 0 Å². The van der Waals surface area contributed by atoms with Gasteiger partial charge in [0.2, 0.25) is 0 Å². The molecular formula is C11H22FNO. The topological polar surface area (TPSA) is 20.3 Å². The largest absolute Gasteiger partial charge is 0.298 e. The Morgan fingerprint density at radius 2 is 1.79 bits per heavy atom. The number of carbonyl (C=O) groups excluding carboxylic acids is 1. The van der Waals surface area contributed by atoms with Gasteiger partial charge in [-0.05, 0) is 18.9 Å².